The first-order chi connectivity index (χ1) is 12.4. The number of nitrogens with one attached hydrogen (secondary N) is 1. The fourth-order valence-electron chi connectivity index (χ4n) is 3.30. The van der Waals surface area contributed by atoms with Crippen LogP contribution in [0, 0.1) is 0 Å². The van der Waals surface area contributed by atoms with E-state index >= 15 is 0 Å². The van der Waals surface area contributed by atoms with Gasteiger partial charge < -0.3 is 19.9 Å². The molecule has 0 spiro atoms. The lowest BCUT2D eigenvalue weighted by Crippen LogP contribution is -2.58. The van der Waals surface area contributed by atoms with Gasteiger partial charge in [-0.1, -0.05) is 6.08 Å². The first-order valence-corrected chi connectivity index (χ1v) is 8.43. The Bertz CT molecular complexity index is 712. The van der Waals surface area contributed by atoms with Gasteiger partial charge in [0.2, 0.25) is 12.0 Å². The summed E-state index contributed by atoms with van der Waals surface area (Å²) in [6, 6.07) is -0.211. The van der Waals surface area contributed by atoms with Crippen LogP contribution < -0.4 is 5.32 Å². The molecule has 9 heteroatoms. The third-order valence-electron chi connectivity index (χ3n) is 4.58. The fourth-order valence-corrected chi connectivity index (χ4v) is 3.30. The van der Waals surface area contributed by atoms with Crippen LogP contribution in [0.3, 0.4) is 0 Å². The van der Waals surface area contributed by atoms with Gasteiger partial charge in [0.05, 0.1) is 11.7 Å². The highest BCUT2D eigenvalue weighted by molar-refractivity contribution is 5.95. The predicted octanol–water partition coefficient (Wildman–Crippen LogP) is 0.706. The zero-order valence-corrected chi connectivity index (χ0v) is 14.3. The van der Waals surface area contributed by atoms with E-state index in [1.165, 1.54) is 0 Å². The van der Waals surface area contributed by atoms with Crippen LogP contribution in [0.2, 0.25) is 0 Å². The quantitative estimate of drug-likeness (QED) is 0.751. The molecule has 0 aromatic rings. The van der Waals surface area contributed by atoms with Crippen LogP contribution in [0.5, 0.6) is 0 Å². The Kier molecular flexibility index (Phi) is 4.97. The van der Waals surface area contributed by atoms with Crippen molar-refractivity contribution < 1.29 is 33.8 Å². The molecule has 9 nitrogen and oxygen atoms in total. The van der Waals surface area contributed by atoms with Crippen molar-refractivity contribution in [3.8, 4) is 0 Å². The van der Waals surface area contributed by atoms with E-state index in [1.54, 1.807) is 0 Å². The van der Waals surface area contributed by atoms with Crippen molar-refractivity contribution >= 4 is 23.8 Å². The lowest BCUT2D eigenvalue weighted by Gasteiger charge is -2.42. The standard InChI is InChI=1S/C17H20N2O7/c1-9(20)19(8-14(22)23)17(24)26-16-12(21)7-6-11-15(16)25-13-5-3-2-4-10(13)18-11/h2,4,11,15-16,18H,3,5-8H2,1H3,(H,22,23). The molecule has 0 aromatic carbocycles. The summed E-state index contributed by atoms with van der Waals surface area (Å²) in [5.74, 6) is -1.74. The molecule has 140 valence electrons. The summed E-state index contributed by atoms with van der Waals surface area (Å²) in [4.78, 5) is 47.4. The number of ether oxygens (including phenoxy) is 2. The number of nitrogens with zero attached hydrogens (tertiary/aromatic N) is 1. The third kappa shape index (κ3) is 3.56. The molecule has 0 bridgehead atoms. The molecule has 2 amide bonds. The van der Waals surface area contributed by atoms with E-state index in [1.807, 2.05) is 12.2 Å². The SMILES string of the molecule is CC(=O)N(CC(=O)O)C(=O)OC1C(=O)CCC2NC3=C(CCC=C3)OC21. The molecule has 1 heterocycles. The second-order valence-corrected chi connectivity index (χ2v) is 6.42. The van der Waals surface area contributed by atoms with E-state index in [2.05, 4.69) is 5.32 Å². The first kappa shape index (κ1) is 18.0. The van der Waals surface area contributed by atoms with Crippen LogP contribution in [0.25, 0.3) is 0 Å². The molecule has 3 rings (SSSR count). The number of ketones is 1. The molecule has 0 saturated heterocycles. The fraction of sp³-hybridized carbons (Fsp3) is 0.529. The van der Waals surface area contributed by atoms with Crippen molar-refractivity contribution in [2.75, 3.05) is 6.54 Å². The zero-order chi connectivity index (χ0) is 18.8. The third-order valence-corrected chi connectivity index (χ3v) is 4.58. The maximum atomic E-state index is 12.3. The average molecular weight is 364 g/mol. The molecule has 0 aromatic heterocycles. The van der Waals surface area contributed by atoms with Crippen molar-refractivity contribution in [2.24, 2.45) is 0 Å². The Labute approximate surface area is 149 Å². The number of carboxylic acids is 1. The molecule has 2 aliphatic carbocycles. The van der Waals surface area contributed by atoms with Crippen LogP contribution >= 0.6 is 0 Å². The second kappa shape index (κ2) is 7.19. The van der Waals surface area contributed by atoms with Gasteiger partial charge in [0.1, 0.15) is 12.3 Å². The molecule has 1 saturated carbocycles. The van der Waals surface area contributed by atoms with Gasteiger partial charge in [0.15, 0.2) is 11.9 Å². The minimum atomic E-state index is -1.36. The monoisotopic (exact) mass is 364 g/mol. The van der Waals surface area contributed by atoms with Crippen molar-refractivity contribution in [3.05, 3.63) is 23.6 Å². The maximum absolute atomic E-state index is 12.3. The normalized spacial score (nSPS) is 26.8. The molecular formula is C17H20N2O7. The van der Waals surface area contributed by atoms with Crippen molar-refractivity contribution in [1.82, 2.24) is 10.2 Å². The van der Waals surface area contributed by atoms with E-state index in [4.69, 9.17) is 14.6 Å². The number of fused-ring (bicyclic) bond motifs is 1. The van der Waals surface area contributed by atoms with Gasteiger partial charge in [-0.2, -0.15) is 0 Å². The van der Waals surface area contributed by atoms with E-state index in [0.717, 1.165) is 19.0 Å². The van der Waals surface area contributed by atoms with Gasteiger partial charge in [0, 0.05) is 19.8 Å². The number of imide groups is 1. The van der Waals surface area contributed by atoms with Crippen LogP contribution in [-0.4, -0.2) is 58.6 Å². The lowest BCUT2D eigenvalue weighted by atomic mass is 9.87. The highest BCUT2D eigenvalue weighted by Crippen LogP contribution is 2.33. The van der Waals surface area contributed by atoms with Crippen molar-refractivity contribution in [1.29, 1.82) is 0 Å². The van der Waals surface area contributed by atoms with Gasteiger partial charge in [0.25, 0.3) is 0 Å². The number of hydrogen-bond acceptors (Lipinski definition) is 7. The Morgan fingerprint density at radius 1 is 1.38 bits per heavy atom. The highest BCUT2D eigenvalue weighted by atomic mass is 16.6. The van der Waals surface area contributed by atoms with Crippen molar-refractivity contribution in [2.45, 2.75) is 50.9 Å². The molecule has 3 aliphatic rings. The number of carbonyl (C=O) groups is 4. The van der Waals surface area contributed by atoms with Gasteiger partial charge in [-0.15, -0.1) is 0 Å². The first-order valence-electron chi connectivity index (χ1n) is 8.43. The lowest BCUT2D eigenvalue weighted by molar-refractivity contribution is -0.148. The molecule has 3 atom stereocenters. The minimum absolute atomic E-state index is 0.195. The Morgan fingerprint density at radius 2 is 2.15 bits per heavy atom. The minimum Gasteiger partial charge on any atom is -0.486 e. The molecule has 2 N–H and O–H groups in total. The number of rotatable bonds is 3. The van der Waals surface area contributed by atoms with Crippen LogP contribution in [0.4, 0.5) is 4.79 Å². The Hall–Kier alpha value is -2.84. The summed E-state index contributed by atoms with van der Waals surface area (Å²) in [6.45, 7) is 0.224. The number of carboxylic acid groups (broad SMARTS) is 1. The number of aliphatic carboxylic acids is 1. The summed E-state index contributed by atoms with van der Waals surface area (Å²) in [5.41, 5.74) is 0.869. The molecule has 3 unspecified atom stereocenters. The zero-order valence-electron chi connectivity index (χ0n) is 14.3. The number of carbonyl (C=O) groups excluding carboxylic acids is 3. The molecule has 0 radical (unpaired) electrons. The number of Topliss-reactive ketones (excluding diaryl/α,β-unsaturated/α-hetero) is 1. The van der Waals surface area contributed by atoms with E-state index < -0.39 is 36.7 Å². The van der Waals surface area contributed by atoms with Crippen LogP contribution in [-0.2, 0) is 23.9 Å². The Morgan fingerprint density at radius 3 is 2.85 bits per heavy atom. The summed E-state index contributed by atoms with van der Waals surface area (Å²) in [6.07, 6.45) is 3.12. The van der Waals surface area contributed by atoms with Gasteiger partial charge >= 0.3 is 12.1 Å². The summed E-state index contributed by atoms with van der Waals surface area (Å²) >= 11 is 0. The molecule has 1 fully saturated rings. The number of allylic oxidation sites excluding steroid dienone is 3. The summed E-state index contributed by atoms with van der Waals surface area (Å²) in [7, 11) is 0. The van der Waals surface area contributed by atoms with Crippen molar-refractivity contribution in [3.63, 3.8) is 0 Å². The predicted molar refractivity (Wildman–Crippen MR) is 86.7 cm³/mol. The topological polar surface area (TPSA) is 122 Å². The van der Waals surface area contributed by atoms with Gasteiger partial charge in [-0.05, 0) is 18.9 Å². The van der Waals surface area contributed by atoms with Crippen LogP contribution in [0.1, 0.15) is 32.6 Å². The van der Waals surface area contributed by atoms with E-state index in [0.29, 0.717) is 23.5 Å². The molecule has 1 aliphatic heterocycles. The Balaban J connectivity index is 1.77. The average Bonchev–Trinajstić information content (AvgIpc) is 2.60. The largest absolute Gasteiger partial charge is 0.486 e. The van der Waals surface area contributed by atoms with Gasteiger partial charge in [-0.25, -0.2) is 9.69 Å². The van der Waals surface area contributed by atoms with Gasteiger partial charge in [-0.3, -0.25) is 14.4 Å². The smallest absolute Gasteiger partial charge is 0.417 e. The van der Waals surface area contributed by atoms with Crippen LogP contribution in [0.15, 0.2) is 23.6 Å². The summed E-state index contributed by atoms with van der Waals surface area (Å²) < 4.78 is 11.2. The molecule has 26 heavy (non-hydrogen) atoms. The number of amides is 2. The number of hydrogen-bond donors (Lipinski definition) is 2. The van der Waals surface area contributed by atoms with E-state index in [-0.39, 0.29) is 18.2 Å². The van der Waals surface area contributed by atoms with E-state index in [9.17, 15) is 19.2 Å². The maximum Gasteiger partial charge on any atom is 0.417 e. The summed E-state index contributed by atoms with van der Waals surface area (Å²) in [5, 5.41) is 12.2. The highest BCUT2D eigenvalue weighted by Gasteiger charge is 2.46. The second-order valence-electron chi connectivity index (χ2n) is 6.42. The molecular weight excluding hydrogens is 344 g/mol.